The van der Waals surface area contributed by atoms with Crippen molar-refractivity contribution in [2.24, 2.45) is 0 Å². The molecule has 0 aliphatic carbocycles. The molecule has 0 aliphatic rings. The van der Waals surface area contributed by atoms with Crippen LogP contribution in [0.25, 0.3) is 0 Å². The van der Waals surface area contributed by atoms with E-state index in [1.165, 1.54) is 12.1 Å². The van der Waals surface area contributed by atoms with Gasteiger partial charge in [0.15, 0.2) is 11.5 Å². The normalized spacial score (nSPS) is 11.0. The topological polar surface area (TPSA) is 76.4 Å². The summed E-state index contributed by atoms with van der Waals surface area (Å²) in [6.45, 7) is 1.93. The monoisotopic (exact) mass is 433 g/mol. The Morgan fingerprint density at radius 1 is 1.33 bits per heavy atom. The van der Waals surface area contributed by atoms with Gasteiger partial charge in [0, 0.05) is 6.07 Å². The molecular formula is C15H10BrClFNO4S. The molecule has 0 saturated carbocycles. The first kappa shape index (κ1) is 18.5. The van der Waals surface area contributed by atoms with E-state index in [-0.39, 0.29) is 38.1 Å². The van der Waals surface area contributed by atoms with E-state index in [0.29, 0.717) is 0 Å². The molecule has 0 atom stereocenters. The van der Waals surface area contributed by atoms with Crippen LogP contribution < -0.4 is 8.92 Å². The summed E-state index contributed by atoms with van der Waals surface area (Å²) in [5, 5.41) is 8.67. The van der Waals surface area contributed by atoms with Gasteiger partial charge in [-0.05, 0) is 47.1 Å². The Morgan fingerprint density at radius 2 is 2.04 bits per heavy atom. The fourth-order valence-corrected chi connectivity index (χ4v) is 3.90. The van der Waals surface area contributed by atoms with E-state index in [1.807, 2.05) is 6.07 Å². The first-order chi connectivity index (χ1) is 11.3. The highest BCUT2D eigenvalue weighted by molar-refractivity contribution is 9.10. The Hall–Kier alpha value is -1.82. The maximum absolute atomic E-state index is 13.1. The molecular weight excluding hydrogens is 425 g/mol. The van der Waals surface area contributed by atoms with E-state index in [1.54, 1.807) is 6.92 Å². The molecule has 126 valence electrons. The van der Waals surface area contributed by atoms with Crippen LogP contribution in [0.15, 0.2) is 39.7 Å². The van der Waals surface area contributed by atoms with Crippen molar-refractivity contribution in [2.75, 3.05) is 6.61 Å². The van der Waals surface area contributed by atoms with Crippen LogP contribution in [-0.4, -0.2) is 15.0 Å². The van der Waals surface area contributed by atoms with Gasteiger partial charge in [-0.3, -0.25) is 0 Å². The SMILES string of the molecule is CCOc1cc(C#N)cc(Br)c1OS(=O)(=O)c1ccc(F)cc1Cl. The van der Waals surface area contributed by atoms with Crippen molar-refractivity contribution in [1.29, 1.82) is 5.26 Å². The molecule has 0 bridgehead atoms. The van der Waals surface area contributed by atoms with E-state index in [4.69, 9.17) is 25.8 Å². The van der Waals surface area contributed by atoms with Crippen molar-refractivity contribution in [2.45, 2.75) is 11.8 Å². The quantitative estimate of drug-likeness (QED) is 0.657. The minimum Gasteiger partial charge on any atom is -0.490 e. The molecule has 0 N–H and O–H groups in total. The van der Waals surface area contributed by atoms with Crippen LogP contribution in [0.2, 0.25) is 5.02 Å². The van der Waals surface area contributed by atoms with Gasteiger partial charge in [-0.25, -0.2) is 4.39 Å². The zero-order valence-electron chi connectivity index (χ0n) is 12.2. The third-order valence-electron chi connectivity index (χ3n) is 2.79. The molecule has 9 heteroatoms. The molecule has 0 saturated heterocycles. The standard InChI is InChI=1S/C15H10BrClFNO4S/c1-2-22-13-6-9(8-19)5-11(16)15(13)23-24(20,21)14-4-3-10(18)7-12(14)17/h3-7H,2H2,1H3. The molecule has 24 heavy (non-hydrogen) atoms. The van der Waals surface area contributed by atoms with E-state index >= 15 is 0 Å². The van der Waals surface area contributed by atoms with Crippen LogP contribution in [0.5, 0.6) is 11.5 Å². The maximum Gasteiger partial charge on any atom is 0.340 e. The fraction of sp³-hybridized carbons (Fsp3) is 0.133. The smallest absolute Gasteiger partial charge is 0.340 e. The molecule has 0 unspecified atom stereocenters. The molecule has 0 aliphatic heterocycles. The summed E-state index contributed by atoms with van der Waals surface area (Å²) in [5.41, 5.74) is 0.259. The zero-order valence-corrected chi connectivity index (χ0v) is 15.4. The first-order valence-corrected chi connectivity index (χ1v) is 9.12. The Kier molecular flexibility index (Phi) is 5.70. The van der Waals surface area contributed by atoms with E-state index in [0.717, 1.165) is 18.2 Å². The molecule has 5 nitrogen and oxygen atoms in total. The molecule has 0 heterocycles. The van der Waals surface area contributed by atoms with Crippen molar-refractivity contribution in [1.82, 2.24) is 0 Å². The molecule has 0 spiro atoms. The Balaban J connectivity index is 2.51. The van der Waals surface area contributed by atoms with Crippen molar-refractivity contribution in [3.63, 3.8) is 0 Å². The number of nitriles is 1. The lowest BCUT2D eigenvalue weighted by Crippen LogP contribution is -2.12. The van der Waals surface area contributed by atoms with Crippen molar-refractivity contribution >= 4 is 37.6 Å². The zero-order chi connectivity index (χ0) is 17.9. The van der Waals surface area contributed by atoms with Gasteiger partial charge in [0.25, 0.3) is 0 Å². The van der Waals surface area contributed by atoms with E-state index in [2.05, 4.69) is 15.9 Å². The average molecular weight is 435 g/mol. The van der Waals surface area contributed by atoms with Crippen molar-refractivity contribution in [3.8, 4) is 17.6 Å². The van der Waals surface area contributed by atoms with E-state index < -0.39 is 15.9 Å². The summed E-state index contributed by atoms with van der Waals surface area (Å²) in [4.78, 5) is -0.385. The van der Waals surface area contributed by atoms with Crippen LogP contribution in [0.3, 0.4) is 0 Å². The van der Waals surface area contributed by atoms with Gasteiger partial charge in [0.05, 0.1) is 27.7 Å². The summed E-state index contributed by atoms with van der Waals surface area (Å²) in [6, 6.07) is 7.50. The predicted molar refractivity (Wildman–Crippen MR) is 89.2 cm³/mol. The summed E-state index contributed by atoms with van der Waals surface area (Å²) in [7, 11) is -4.34. The minimum absolute atomic E-state index is 0.0743. The number of nitrogens with zero attached hydrogens (tertiary/aromatic N) is 1. The van der Waals surface area contributed by atoms with Crippen LogP contribution in [0.1, 0.15) is 12.5 Å². The van der Waals surface area contributed by atoms with Gasteiger partial charge in [0.2, 0.25) is 0 Å². The number of benzene rings is 2. The van der Waals surface area contributed by atoms with Crippen LogP contribution in [-0.2, 0) is 10.1 Å². The Labute approximate surface area is 151 Å². The first-order valence-electron chi connectivity index (χ1n) is 6.54. The van der Waals surface area contributed by atoms with Gasteiger partial charge in [-0.1, -0.05) is 11.6 Å². The third kappa shape index (κ3) is 3.98. The second kappa shape index (κ2) is 7.38. The van der Waals surface area contributed by atoms with Gasteiger partial charge in [-0.15, -0.1) is 0 Å². The highest BCUT2D eigenvalue weighted by Crippen LogP contribution is 2.39. The molecule has 0 amide bonds. The van der Waals surface area contributed by atoms with Crippen LogP contribution in [0.4, 0.5) is 4.39 Å². The lowest BCUT2D eigenvalue weighted by atomic mass is 10.2. The fourth-order valence-electron chi connectivity index (χ4n) is 1.81. The molecule has 0 aromatic heterocycles. The summed E-state index contributed by atoms with van der Waals surface area (Å²) < 4.78 is 48.6. The van der Waals surface area contributed by atoms with Crippen molar-refractivity contribution in [3.05, 3.63) is 51.2 Å². The largest absolute Gasteiger partial charge is 0.490 e. The number of ether oxygens (including phenoxy) is 1. The number of rotatable bonds is 5. The predicted octanol–water partition coefficient (Wildman–Crippen LogP) is 4.28. The molecule has 2 aromatic rings. The van der Waals surface area contributed by atoms with Gasteiger partial charge in [0.1, 0.15) is 10.7 Å². The molecule has 2 aromatic carbocycles. The van der Waals surface area contributed by atoms with Gasteiger partial charge in [-0.2, -0.15) is 13.7 Å². The van der Waals surface area contributed by atoms with Gasteiger partial charge < -0.3 is 8.92 Å². The highest BCUT2D eigenvalue weighted by Gasteiger charge is 2.24. The second-order valence-corrected chi connectivity index (χ2v) is 7.22. The van der Waals surface area contributed by atoms with Gasteiger partial charge >= 0.3 is 10.1 Å². The number of halogens is 3. The number of hydrogen-bond acceptors (Lipinski definition) is 5. The summed E-state index contributed by atoms with van der Waals surface area (Å²) in [6.07, 6.45) is 0. The summed E-state index contributed by atoms with van der Waals surface area (Å²) in [5.74, 6) is -0.727. The summed E-state index contributed by atoms with van der Waals surface area (Å²) >= 11 is 8.93. The minimum atomic E-state index is -4.34. The second-order valence-electron chi connectivity index (χ2n) is 4.44. The Bertz CT molecular complexity index is 928. The van der Waals surface area contributed by atoms with Crippen LogP contribution in [0, 0.1) is 17.1 Å². The molecule has 0 radical (unpaired) electrons. The average Bonchev–Trinajstić information content (AvgIpc) is 2.50. The van der Waals surface area contributed by atoms with Crippen molar-refractivity contribution < 1.29 is 21.7 Å². The molecule has 0 fully saturated rings. The molecule has 2 rings (SSSR count). The van der Waals surface area contributed by atoms with Crippen LogP contribution >= 0.6 is 27.5 Å². The number of hydrogen-bond donors (Lipinski definition) is 0. The lowest BCUT2D eigenvalue weighted by Gasteiger charge is -2.14. The lowest BCUT2D eigenvalue weighted by molar-refractivity contribution is 0.327. The Morgan fingerprint density at radius 3 is 2.62 bits per heavy atom. The third-order valence-corrected chi connectivity index (χ3v) is 5.09. The highest BCUT2D eigenvalue weighted by atomic mass is 79.9. The van der Waals surface area contributed by atoms with E-state index in [9.17, 15) is 12.8 Å². The maximum atomic E-state index is 13.1.